The lowest BCUT2D eigenvalue weighted by molar-refractivity contribution is 0.0990. The molecule has 17 heavy (non-hydrogen) atoms. The van der Waals surface area contributed by atoms with Crippen LogP contribution in [0.25, 0.3) is 0 Å². The Morgan fingerprint density at radius 1 is 1.29 bits per heavy atom. The molecule has 0 aromatic carbocycles. The lowest BCUT2D eigenvalue weighted by Crippen LogP contribution is -2.08. The topological polar surface area (TPSA) is 52.7 Å². The number of rotatable bonds is 3. The fraction of sp³-hybridized carbons (Fsp3) is 0.417. The molecular formula is C12H16N4O. The molecule has 0 unspecified atom stereocenters. The fourth-order valence-electron chi connectivity index (χ4n) is 1.96. The number of aryl methyl sites for hydroxylation is 4. The van der Waals surface area contributed by atoms with Crippen LogP contribution in [0.1, 0.15) is 27.4 Å². The van der Waals surface area contributed by atoms with Gasteiger partial charge in [0.2, 0.25) is 0 Å². The van der Waals surface area contributed by atoms with Crippen molar-refractivity contribution in [2.24, 2.45) is 14.1 Å². The Bertz CT molecular complexity index is 565. The van der Waals surface area contributed by atoms with E-state index in [2.05, 4.69) is 10.2 Å². The quantitative estimate of drug-likeness (QED) is 0.747. The van der Waals surface area contributed by atoms with Gasteiger partial charge in [0, 0.05) is 26.0 Å². The van der Waals surface area contributed by atoms with Crippen LogP contribution in [0.5, 0.6) is 0 Å². The second-order valence-electron chi connectivity index (χ2n) is 4.30. The summed E-state index contributed by atoms with van der Waals surface area (Å²) in [6, 6.07) is 1.93. The van der Waals surface area contributed by atoms with Gasteiger partial charge in [-0.15, -0.1) is 0 Å². The zero-order valence-corrected chi connectivity index (χ0v) is 10.6. The number of aromatic nitrogens is 4. The van der Waals surface area contributed by atoms with Crippen LogP contribution >= 0.6 is 0 Å². The molecule has 0 saturated carbocycles. The third kappa shape index (κ3) is 2.27. The molecule has 0 aliphatic carbocycles. The summed E-state index contributed by atoms with van der Waals surface area (Å²) in [6.07, 6.45) is 2.13. The van der Waals surface area contributed by atoms with Crippen molar-refractivity contribution in [3.63, 3.8) is 0 Å². The van der Waals surface area contributed by atoms with Gasteiger partial charge in [0.25, 0.3) is 0 Å². The lowest BCUT2D eigenvalue weighted by atomic mass is 10.1. The van der Waals surface area contributed by atoms with Crippen molar-refractivity contribution in [1.82, 2.24) is 19.6 Å². The highest BCUT2D eigenvalue weighted by atomic mass is 16.1. The number of hydrogen-bond donors (Lipinski definition) is 0. The standard InChI is InChI=1S/C12H16N4O/c1-8-5-10(16(4)13-8)6-12(17)11-7-15(3)14-9(11)2/h5,7H,6H2,1-4H3. The molecule has 90 valence electrons. The third-order valence-corrected chi connectivity index (χ3v) is 2.75. The van der Waals surface area contributed by atoms with E-state index < -0.39 is 0 Å². The van der Waals surface area contributed by atoms with Gasteiger partial charge in [0.05, 0.1) is 23.4 Å². The zero-order valence-electron chi connectivity index (χ0n) is 10.6. The number of carbonyl (C=O) groups excluding carboxylic acids is 1. The fourth-order valence-corrected chi connectivity index (χ4v) is 1.96. The maximum Gasteiger partial charge on any atom is 0.172 e. The van der Waals surface area contributed by atoms with Crippen LogP contribution in [0.2, 0.25) is 0 Å². The predicted octanol–water partition coefficient (Wildman–Crippen LogP) is 1.20. The molecular weight excluding hydrogens is 216 g/mol. The molecule has 0 spiro atoms. The van der Waals surface area contributed by atoms with Crippen LogP contribution < -0.4 is 0 Å². The van der Waals surface area contributed by atoms with E-state index in [0.29, 0.717) is 12.0 Å². The smallest absolute Gasteiger partial charge is 0.172 e. The molecule has 2 aromatic heterocycles. The molecule has 0 N–H and O–H groups in total. The van der Waals surface area contributed by atoms with E-state index in [4.69, 9.17) is 0 Å². The molecule has 0 bridgehead atoms. The average Bonchev–Trinajstić information content (AvgIpc) is 2.70. The van der Waals surface area contributed by atoms with Crippen LogP contribution in [0.3, 0.4) is 0 Å². The summed E-state index contributed by atoms with van der Waals surface area (Å²) in [6.45, 7) is 3.77. The summed E-state index contributed by atoms with van der Waals surface area (Å²) >= 11 is 0. The molecule has 5 heteroatoms. The van der Waals surface area contributed by atoms with Gasteiger partial charge in [0.15, 0.2) is 5.78 Å². The summed E-state index contributed by atoms with van der Waals surface area (Å²) in [4.78, 5) is 12.1. The minimum Gasteiger partial charge on any atom is -0.294 e. The van der Waals surface area contributed by atoms with E-state index in [1.807, 2.05) is 34.0 Å². The predicted molar refractivity (Wildman–Crippen MR) is 63.9 cm³/mol. The van der Waals surface area contributed by atoms with Crippen molar-refractivity contribution >= 4 is 5.78 Å². The van der Waals surface area contributed by atoms with Crippen molar-refractivity contribution in [3.8, 4) is 0 Å². The van der Waals surface area contributed by atoms with E-state index >= 15 is 0 Å². The Morgan fingerprint density at radius 2 is 2.00 bits per heavy atom. The van der Waals surface area contributed by atoms with Crippen LogP contribution in [0.4, 0.5) is 0 Å². The summed E-state index contributed by atoms with van der Waals surface area (Å²) in [5, 5.41) is 8.40. The van der Waals surface area contributed by atoms with E-state index in [1.54, 1.807) is 15.6 Å². The second kappa shape index (κ2) is 4.16. The van der Waals surface area contributed by atoms with Crippen LogP contribution in [-0.4, -0.2) is 25.3 Å². The monoisotopic (exact) mass is 232 g/mol. The van der Waals surface area contributed by atoms with Gasteiger partial charge < -0.3 is 0 Å². The molecule has 0 aliphatic heterocycles. The first-order chi connectivity index (χ1) is 7.97. The minimum atomic E-state index is 0.0820. The molecule has 2 aromatic rings. The zero-order chi connectivity index (χ0) is 12.6. The molecule has 2 rings (SSSR count). The van der Waals surface area contributed by atoms with Gasteiger partial charge in [-0.3, -0.25) is 14.2 Å². The summed E-state index contributed by atoms with van der Waals surface area (Å²) in [5.74, 6) is 0.0820. The SMILES string of the molecule is Cc1cc(CC(=O)c2cn(C)nc2C)n(C)n1. The number of hydrogen-bond acceptors (Lipinski definition) is 3. The van der Waals surface area contributed by atoms with Gasteiger partial charge >= 0.3 is 0 Å². The third-order valence-electron chi connectivity index (χ3n) is 2.75. The minimum absolute atomic E-state index is 0.0820. The highest BCUT2D eigenvalue weighted by Gasteiger charge is 2.15. The van der Waals surface area contributed by atoms with Crippen molar-refractivity contribution < 1.29 is 4.79 Å². The van der Waals surface area contributed by atoms with E-state index in [9.17, 15) is 4.79 Å². The Kier molecular flexibility index (Phi) is 2.83. The Labute approximate surface area is 100 Å². The molecule has 2 heterocycles. The first-order valence-corrected chi connectivity index (χ1v) is 5.50. The normalized spacial score (nSPS) is 10.8. The maximum absolute atomic E-state index is 12.1. The van der Waals surface area contributed by atoms with Gasteiger partial charge in [-0.25, -0.2) is 0 Å². The first-order valence-electron chi connectivity index (χ1n) is 5.50. The first kappa shape index (κ1) is 11.6. The van der Waals surface area contributed by atoms with Gasteiger partial charge in [-0.05, 0) is 19.9 Å². The molecule has 0 atom stereocenters. The molecule has 0 fully saturated rings. The van der Waals surface area contributed by atoms with Crippen LogP contribution in [-0.2, 0) is 20.5 Å². The molecule has 0 radical (unpaired) electrons. The van der Waals surface area contributed by atoms with E-state index in [0.717, 1.165) is 17.1 Å². The molecule has 5 nitrogen and oxygen atoms in total. The number of ketones is 1. The van der Waals surface area contributed by atoms with Crippen LogP contribution in [0, 0.1) is 13.8 Å². The highest BCUT2D eigenvalue weighted by Crippen LogP contribution is 2.11. The van der Waals surface area contributed by atoms with E-state index in [1.165, 1.54) is 0 Å². The van der Waals surface area contributed by atoms with Gasteiger partial charge in [-0.1, -0.05) is 0 Å². The second-order valence-corrected chi connectivity index (χ2v) is 4.30. The average molecular weight is 232 g/mol. The summed E-state index contributed by atoms with van der Waals surface area (Å²) in [5.41, 5.74) is 3.32. The largest absolute Gasteiger partial charge is 0.294 e. The Morgan fingerprint density at radius 3 is 2.47 bits per heavy atom. The Hall–Kier alpha value is -1.91. The lowest BCUT2D eigenvalue weighted by Gasteiger charge is -2.00. The van der Waals surface area contributed by atoms with Crippen molar-refractivity contribution in [2.45, 2.75) is 20.3 Å². The van der Waals surface area contributed by atoms with Crippen LogP contribution in [0.15, 0.2) is 12.3 Å². The van der Waals surface area contributed by atoms with E-state index in [-0.39, 0.29) is 5.78 Å². The summed E-state index contributed by atoms with van der Waals surface area (Å²) in [7, 11) is 3.67. The number of nitrogens with zero attached hydrogens (tertiary/aromatic N) is 4. The highest BCUT2D eigenvalue weighted by molar-refractivity contribution is 5.98. The maximum atomic E-state index is 12.1. The molecule has 0 aliphatic rings. The summed E-state index contributed by atoms with van der Waals surface area (Å²) < 4.78 is 3.41. The molecule has 0 amide bonds. The van der Waals surface area contributed by atoms with Crippen molar-refractivity contribution in [3.05, 3.63) is 34.9 Å². The number of carbonyl (C=O) groups is 1. The van der Waals surface area contributed by atoms with Gasteiger partial charge in [-0.2, -0.15) is 10.2 Å². The Balaban J connectivity index is 2.22. The van der Waals surface area contributed by atoms with Crippen molar-refractivity contribution in [1.29, 1.82) is 0 Å². The number of Topliss-reactive ketones (excluding diaryl/α,β-unsaturated/α-hetero) is 1. The van der Waals surface area contributed by atoms with Gasteiger partial charge in [0.1, 0.15) is 0 Å². The van der Waals surface area contributed by atoms with Crippen molar-refractivity contribution in [2.75, 3.05) is 0 Å². The molecule has 0 saturated heterocycles.